The molecule has 2 aromatic rings. The number of piperidine rings is 1. The van der Waals surface area contributed by atoms with Crippen LogP contribution < -0.4 is 4.90 Å². The molecule has 0 unspecified atom stereocenters. The van der Waals surface area contributed by atoms with Crippen LogP contribution in [0.15, 0.2) is 60.2 Å². The second-order valence-electron chi connectivity index (χ2n) is 9.99. The van der Waals surface area contributed by atoms with Gasteiger partial charge in [-0.3, -0.25) is 4.79 Å². The molecule has 1 amide bonds. The number of anilines is 1. The number of nitrogens with zero attached hydrogens (tertiary/aromatic N) is 3. The Morgan fingerprint density at radius 1 is 1.11 bits per heavy atom. The predicted molar refractivity (Wildman–Crippen MR) is 137 cm³/mol. The summed E-state index contributed by atoms with van der Waals surface area (Å²) in [5.74, 6) is 0.720. The molecule has 2 heterocycles. The summed E-state index contributed by atoms with van der Waals surface area (Å²) in [7, 11) is 0. The van der Waals surface area contributed by atoms with Gasteiger partial charge in [-0.25, -0.2) is 4.39 Å². The van der Waals surface area contributed by atoms with Gasteiger partial charge in [-0.05, 0) is 73.4 Å². The Labute approximate surface area is 207 Å². The number of rotatable bonds is 5. The fraction of sp³-hybridized carbons (Fsp3) is 0.400. The maximum absolute atomic E-state index is 14.6. The minimum absolute atomic E-state index is 0.0207. The van der Waals surface area contributed by atoms with Gasteiger partial charge in [-0.2, -0.15) is 5.26 Å². The fourth-order valence-electron chi connectivity index (χ4n) is 5.40. The molecule has 1 atom stereocenters. The number of hydrogen-bond acceptors (Lipinski definition) is 3. The molecule has 3 aliphatic rings. The van der Waals surface area contributed by atoms with Crippen molar-refractivity contribution in [2.75, 3.05) is 24.5 Å². The number of carbonyl (C=O) groups is 1. The fourth-order valence-corrected chi connectivity index (χ4v) is 5.40. The Bertz CT molecular complexity index is 1200. The number of amides is 1. The van der Waals surface area contributed by atoms with Crippen LogP contribution in [0.5, 0.6) is 0 Å². The topological polar surface area (TPSA) is 47.3 Å². The molecule has 4 nitrogen and oxygen atoms in total. The van der Waals surface area contributed by atoms with E-state index in [4.69, 9.17) is 0 Å². The molecule has 1 saturated heterocycles. The molecule has 5 heteroatoms. The summed E-state index contributed by atoms with van der Waals surface area (Å²) in [5.41, 5.74) is 4.49. The first-order chi connectivity index (χ1) is 17.1. The Balaban J connectivity index is 1.47. The first kappa shape index (κ1) is 23.4. The minimum Gasteiger partial charge on any atom is -0.338 e. The SMILES string of the molecule is CC[C@@H]1CCCN(C(=O)C2=CCN(c3ccc(C4CCC4)cc3)C(c3ccc(C#N)c(F)c3)=C2)C1. The average molecular weight is 470 g/mol. The third-order valence-electron chi connectivity index (χ3n) is 7.87. The van der Waals surface area contributed by atoms with E-state index in [9.17, 15) is 14.4 Å². The van der Waals surface area contributed by atoms with Crippen LogP contribution in [-0.2, 0) is 4.79 Å². The summed E-state index contributed by atoms with van der Waals surface area (Å²) in [6.07, 6.45) is 11.0. The summed E-state index contributed by atoms with van der Waals surface area (Å²) in [4.78, 5) is 17.5. The summed E-state index contributed by atoms with van der Waals surface area (Å²) in [6.45, 7) is 4.30. The minimum atomic E-state index is -0.546. The van der Waals surface area contributed by atoms with Crippen molar-refractivity contribution in [2.45, 2.75) is 51.4 Å². The molecule has 0 bridgehead atoms. The van der Waals surface area contributed by atoms with E-state index in [2.05, 4.69) is 36.1 Å². The highest BCUT2D eigenvalue weighted by Gasteiger charge is 2.28. The third kappa shape index (κ3) is 4.75. The van der Waals surface area contributed by atoms with Crippen LogP contribution in [0.1, 0.15) is 68.1 Å². The Kier molecular flexibility index (Phi) is 6.72. The molecular formula is C30H32FN3O. The van der Waals surface area contributed by atoms with Crippen molar-refractivity contribution in [1.29, 1.82) is 5.26 Å². The van der Waals surface area contributed by atoms with Gasteiger partial charge in [0.15, 0.2) is 0 Å². The van der Waals surface area contributed by atoms with Gasteiger partial charge in [-0.15, -0.1) is 0 Å². The standard InChI is InChI=1S/C30H32FN3O/c1-2-21-5-4-15-33(20-21)30(35)25-14-16-34(27-12-10-23(11-13-27)22-6-3-7-22)29(18-25)24-8-9-26(19-32)28(31)17-24/h8-14,17-18,21-22H,2-7,15-16,20H2,1H3/t21-/m1/s1. The summed E-state index contributed by atoms with van der Waals surface area (Å²) >= 11 is 0. The van der Waals surface area contributed by atoms with Gasteiger partial charge < -0.3 is 9.80 Å². The van der Waals surface area contributed by atoms with Gasteiger partial charge in [0.2, 0.25) is 0 Å². The van der Waals surface area contributed by atoms with Gasteiger partial charge in [0, 0.05) is 42.2 Å². The highest BCUT2D eigenvalue weighted by molar-refractivity contribution is 6.00. The zero-order valence-corrected chi connectivity index (χ0v) is 20.3. The molecule has 1 saturated carbocycles. The summed E-state index contributed by atoms with van der Waals surface area (Å²) in [5, 5.41) is 9.17. The molecule has 2 fully saturated rings. The molecule has 0 N–H and O–H groups in total. The van der Waals surface area contributed by atoms with Gasteiger partial charge in [0.05, 0.1) is 5.56 Å². The van der Waals surface area contributed by atoms with Crippen LogP contribution in [0.3, 0.4) is 0 Å². The molecular weight excluding hydrogens is 437 g/mol. The van der Waals surface area contributed by atoms with E-state index in [1.54, 1.807) is 6.07 Å². The van der Waals surface area contributed by atoms with Crippen molar-refractivity contribution in [3.8, 4) is 6.07 Å². The van der Waals surface area contributed by atoms with Crippen LogP contribution in [0.2, 0.25) is 0 Å². The maximum Gasteiger partial charge on any atom is 0.253 e. The summed E-state index contributed by atoms with van der Waals surface area (Å²) in [6, 6.07) is 15.2. The number of halogens is 1. The Hall–Kier alpha value is -3.39. The predicted octanol–water partition coefficient (Wildman–Crippen LogP) is 6.40. The van der Waals surface area contributed by atoms with Gasteiger partial charge in [0.1, 0.15) is 11.9 Å². The number of likely N-dealkylation sites (tertiary alicyclic amines) is 1. The number of benzene rings is 2. The first-order valence-corrected chi connectivity index (χ1v) is 12.9. The van der Waals surface area contributed by atoms with E-state index in [-0.39, 0.29) is 11.5 Å². The van der Waals surface area contributed by atoms with Crippen LogP contribution in [0.4, 0.5) is 10.1 Å². The molecule has 180 valence electrons. The number of nitriles is 1. The lowest BCUT2D eigenvalue weighted by atomic mass is 9.80. The van der Waals surface area contributed by atoms with Crippen molar-refractivity contribution < 1.29 is 9.18 Å². The zero-order chi connectivity index (χ0) is 24.4. The Morgan fingerprint density at radius 2 is 1.91 bits per heavy atom. The molecule has 0 aromatic heterocycles. The van der Waals surface area contributed by atoms with Crippen LogP contribution >= 0.6 is 0 Å². The lowest BCUT2D eigenvalue weighted by molar-refractivity contribution is -0.128. The van der Waals surface area contributed by atoms with Crippen molar-refractivity contribution in [1.82, 2.24) is 4.90 Å². The maximum atomic E-state index is 14.6. The second-order valence-corrected chi connectivity index (χ2v) is 9.99. The van der Waals surface area contributed by atoms with Crippen LogP contribution in [0, 0.1) is 23.1 Å². The van der Waals surface area contributed by atoms with E-state index in [1.807, 2.05) is 23.1 Å². The molecule has 5 rings (SSSR count). The zero-order valence-electron chi connectivity index (χ0n) is 20.3. The second kappa shape index (κ2) is 10.1. The molecule has 1 aliphatic carbocycles. The lowest BCUT2D eigenvalue weighted by Crippen LogP contribution is -2.41. The van der Waals surface area contributed by atoms with E-state index in [0.717, 1.165) is 37.3 Å². The van der Waals surface area contributed by atoms with Gasteiger partial charge in [-0.1, -0.05) is 44.0 Å². The first-order valence-electron chi connectivity index (χ1n) is 12.9. The number of hydrogen-bond donors (Lipinski definition) is 0. The highest BCUT2D eigenvalue weighted by Crippen LogP contribution is 2.38. The number of carbonyl (C=O) groups excluding carboxylic acids is 1. The van der Waals surface area contributed by atoms with E-state index in [1.165, 1.54) is 43.4 Å². The lowest BCUT2D eigenvalue weighted by Gasteiger charge is -2.35. The smallest absolute Gasteiger partial charge is 0.253 e. The van der Waals surface area contributed by atoms with E-state index >= 15 is 0 Å². The van der Waals surface area contributed by atoms with Gasteiger partial charge in [0.25, 0.3) is 5.91 Å². The van der Waals surface area contributed by atoms with Crippen molar-refractivity contribution in [3.63, 3.8) is 0 Å². The molecule has 2 aliphatic heterocycles. The van der Waals surface area contributed by atoms with Crippen molar-refractivity contribution >= 4 is 17.3 Å². The largest absolute Gasteiger partial charge is 0.338 e. The summed E-state index contributed by atoms with van der Waals surface area (Å²) < 4.78 is 14.6. The van der Waals surface area contributed by atoms with Crippen molar-refractivity contribution in [3.05, 3.63) is 82.7 Å². The third-order valence-corrected chi connectivity index (χ3v) is 7.87. The Morgan fingerprint density at radius 3 is 2.57 bits per heavy atom. The normalized spacial score (nSPS) is 20.5. The molecule has 0 radical (unpaired) electrons. The van der Waals surface area contributed by atoms with Gasteiger partial charge >= 0.3 is 0 Å². The van der Waals surface area contributed by atoms with E-state index in [0.29, 0.717) is 29.5 Å². The van der Waals surface area contributed by atoms with Crippen LogP contribution in [-0.4, -0.2) is 30.4 Å². The van der Waals surface area contributed by atoms with E-state index < -0.39 is 5.82 Å². The molecule has 35 heavy (non-hydrogen) atoms. The monoisotopic (exact) mass is 469 g/mol. The molecule has 0 spiro atoms. The average Bonchev–Trinajstić information content (AvgIpc) is 2.87. The highest BCUT2D eigenvalue weighted by atomic mass is 19.1. The van der Waals surface area contributed by atoms with Crippen molar-refractivity contribution in [2.24, 2.45) is 5.92 Å². The molecule has 2 aromatic carbocycles. The van der Waals surface area contributed by atoms with Crippen LogP contribution in [0.25, 0.3) is 5.70 Å². The quantitative estimate of drug-likeness (QED) is 0.509.